The van der Waals surface area contributed by atoms with Crippen LogP contribution in [0, 0.1) is 19.8 Å². The van der Waals surface area contributed by atoms with Crippen LogP contribution in [0.2, 0.25) is 0 Å². The summed E-state index contributed by atoms with van der Waals surface area (Å²) < 4.78 is 0. The highest BCUT2D eigenvalue weighted by molar-refractivity contribution is 7.11. The van der Waals surface area contributed by atoms with E-state index < -0.39 is 0 Å². The zero-order chi connectivity index (χ0) is 16.8. The number of aromatic nitrogens is 1. The van der Waals surface area contributed by atoms with Crippen molar-refractivity contribution in [2.75, 3.05) is 46.3 Å². The third-order valence-corrected chi connectivity index (χ3v) is 5.27. The van der Waals surface area contributed by atoms with E-state index in [0.29, 0.717) is 0 Å². The van der Waals surface area contributed by atoms with E-state index in [1.54, 1.807) is 11.3 Å². The number of aliphatic imine (C=N–C) groups is 1. The minimum absolute atomic E-state index is 0.741. The standard InChI is InChI=1S/C17H31N5S/c1-13(2)12-21-8-10-22(11-9-21)17(18-5)19-7-6-16-14(3)20-15(4)23-16/h13H,6-12H2,1-5H3,(H,18,19). The first-order chi connectivity index (χ1) is 11.0. The lowest BCUT2D eigenvalue weighted by Crippen LogP contribution is -2.53. The Kier molecular flexibility index (Phi) is 6.84. The van der Waals surface area contributed by atoms with Crippen molar-refractivity contribution in [2.45, 2.75) is 34.1 Å². The highest BCUT2D eigenvalue weighted by Gasteiger charge is 2.19. The molecule has 1 aromatic rings. The van der Waals surface area contributed by atoms with Crippen LogP contribution in [0.5, 0.6) is 0 Å². The van der Waals surface area contributed by atoms with Crippen LogP contribution in [0.1, 0.15) is 29.4 Å². The third-order valence-electron chi connectivity index (χ3n) is 4.14. The number of hydrogen-bond acceptors (Lipinski definition) is 4. The zero-order valence-electron chi connectivity index (χ0n) is 15.2. The van der Waals surface area contributed by atoms with Crippen molar-refractivity contribution in [3.05, 3.63) is 15.6 Å². The second-order valence-electron chi connectivity index (χ2n) is 6.65. The summed E-state index contributed by atoms with van der Waals surface area (Å²) in [7, 11) is 1.88. The molecule has 1 aliphatic heterocycles. The first-order valence-electron chi connectivity index (χ1n) is 8.60. The molecule has 1 aromatic heterocycles. The van der Waals surface area contributed by atoms with Gasteiger partial charge in [-0.3, -0.25) is 9.89 Å². The molecular weight excluding hydrogens is 306 g/mol. The molecule has 0 saturated carbocycles. The maximum absolute atomic E-state index is 4.50. The minimum Gasteiger partial charge on any atom is -0.356 e. The highest BCUT2D eigenvalue weighted by Crippen LogP contribution is 2.17. The Balaban J connectivity index is 1.77. The quantitative estimate of drug-likeness (QED) is 0.660. The fraction of sp³-hybridized carbons (Fsp3) is 0.765. The number of nitrogens with zero attached hydrogens (tertiary/aromatic N) is 4. The van der Waals surface area contributed by atoms with E-state index in [2.05, 4.69) is 52.8 Å². The number of rotatable bonds is 5. The molecule has 6 heteroatoms. The topological polar surface area (TPSA) is 43.8 Å². The molecule has 1 N–H and O–H groups in total. The van der Waals surface area contributed by atoms with E-state index >= 15 is 0 Å². The van der Waals surface area contributed by atoms with Gasteiger partial charge in [0.2, 0.25) is 0 Å². The van der Waals surface area contributed by atoms with Crippen molar-refractivity contribution in [3.8, 4) is 0 Å². The lowest BCUT2D eigenvalue weighted by Gasteiger charge is -2.37. The van der Waals surface area contributed by atoms with Gasteiger partial charge in [0.1, 0.15) is 0 Å². The van der Waals surface area contributed by atoms with Gasteiger partial charge in [0, 0.05) is 57.6 Å². The summed E-state index contributed by atoms with van der Waals surface area (Å²) in [4.78, 5) is 15.3. The smallest absolute Gasteiger partial charge is 0.193 e. The largest absolute Gasteiger partial charge is 0.356 e. The van der Waals surface area contributed by atoms with Crippen molar-refractivity contribution in [1.29, 1.82) is 0 Å². The fourth-order valence-electron chi connectivity index (χ4n) is 3.08. The van der Waals surface area contributed by atoms with Crippen LogP contribution >= 0.6 is 11.3 Å². The molecule has 23 heavy (non-hydrogen) atoms. The van der Waals surface area contributed by atoms with Gasteiger partial charge in [-0.15, -0.1) is 11.3 Å². The number of piperazine rings is 1. The molecule has 2 heterocycles. The third kappa shape index (κ3) is 5.46. The first kappa shape index (κ1) is 18.2. The summed E-state index contributed by atoms with van der Waals surface area (Å²) in [5.41, 5.74) is 1.17. The van der Waals surface area contributed by atoms with E-state index in [4.69, 9.17) is 0 Å². The van der Waals surface area contributed by atoms with E-state index in [1.807, 2.05) is 7.05 Å². The summed E-state index contributed by atoms with van der Waals surface area (Å²) >= 11 is 1.80. The van der Waals surface area contributed by atoms with Crippen molar-refractivity contribution in [1.82, 2.24) is 20.1 Å². The number of guanidine groups is 1. The number of nitrogens with one attached hydrogen (secondary N) is 1. The van der Waals surface area contributed by atoms with Crippen LogP contribution in [0.4, 0.5) is 0 Å². The normalized spacial score (nSPS) is 17.1. The Morgan fingerprint density at radius 2 is 1.96 bits per heavy atom. The molecule has 0 unspecified atom stereocenters. The molecule has 5 nitrogen and oxygen atoms in total. The van der Waals surface area contributed by atoms with E-state index in [9.17, 15) is 0 Å². The lowest BCUT2D eigenvalue weighted by molar-refractivity contribution is 0.164. The van der Waals surface area contributed by atoms with Crippen LogP contribution in [0.25, 0.3) is 0 Å². The van der Waals surface area contributed by atoms with Gasteiger partial charge in [0.15, 0.2) is 5.96 Å². The Bertz CT molecular complexity index is 515. The SMILES string of the molecule is CN=C(NCCc1sc(C)nc1C)N1CCN(CC(C)C)CC1. The maximum atomic E-state index is 4.50. The Morgan fingerprint density at radius 3 is 2.48 bits per heavy atom. The monoisotopic (exact) mass is 337 g/mol. The Morgan fingerprint density at radius 1 is 1.26 bits per heavy atom. The van der Waals surface area contributed by atoms with Crippen LogP contribution in [0.3, 0.4) is 0 Å². The molecule has 0 atom stereocenters. The van der Waals surface area contributed by atoms with Gasteiger partial charge in [-0.25, -0.2) is 4.98 Å². The van der Waals surface area contributed by atoms with Crippen molar-refractivity contribution >= 4 is 17.3 Å². The van der Waals surface area contributed by atoms with Crippen LogP contribution in [-0.2, 0) is 6.42 Å². The average molecular weight is 338 g/mol. The second kappa shape index (κ2) is 8.64. The van der Waals surface area contributed by atoms with Crippen LogP contribution < -0.4 is 5.32 Å². The molecule has 130 valence electrons. The first-order valence-corrected chi connectivity index (χ1v) is 9.42. The number of hydrogen-bond donors (Lipinski definition) is 1. The zero-order valence-corrected chi connectivity index (χ0v) is 16.0. The summed E-state index contributed by atoms with van der Waals surface area (Å²) in [5, 5.41) is 4.67. The predicted molar refractivity (Wildman–Crippen MR) is 99.5 cm³/mol. The van der Waals surface area contributed by atoms with Crippen molar-refractivity contribution < 1.29 is 0 Å². The van der Waals surface area contributed by atoms with E-state index in [-0.39, 0.29) is 0 Å². The molecule has 0 aromatic carbocycles. The molecule has 0 amide bonds. The van der Waals surface area contributed by atoms with Crippen molar-refractivity contribution in [2.24, 2.45) is 10.9 Å². The second-order valence-corrected chi connectivity index (χ2v) is 7.93. The molecule has 0 bridgehead atoms. The van der Waals surface area contributed by atoms with Crippen LogP contribution in [0.15, 0.2) is 4.99 Å². The fourth-order valence-corrected chi connectivity index (χ4v) is 4.02. The van der Waals surface area contributed by atoms with Gasteiger partial charge in [-0.1, -0.05) is 13.8 Å². The summed E-state index contributed by atoms with van der Waals surface area (Å²) in [6.07, 6.45) is 1.02. The molecule has 1 fully saturated rings. The van der Waals surface area contributed by atoms with Gasteiger partial charge in [-0.05, 0) is 19.8 Å². The number of thiazole rings is 1. The van der Waals surface area contributed by atoms with Gasteiger partial charge >= 0.3 is 0 Å². The molecule has 1 saturated heterocycles. The predicted octanol–water partition coefficient (Wildman–Crippen LogP) is 2.15. The van der Waals surface area contributed by atoms with Crippen LogP contribution in [-0.4, -0.2) is 67.1 Å². The molecule has 1 aliphatic rings. The summed E-state index contributed by atoms with van der Waals surface area (Å²) in [5.74, 6) is 1.78. The number of aryl methyl sites for hydroxylation is 2. The van der Waals surface area contributed by atoms with Gasteiger partial charge < -0.3 is 10.2 Å². The van der Waals surface area contributed by atoms with Gasteiger partial charge in [-0.2, -0.15) is 0 Å². The van der Waals surface area contributed by atoms with Crippen molar-refractivity contribution in [3.63, 3.8) is 0 Å². The van der Waals surface area contributed by atoms with E-state index in [0.717, 1.165) is 56.0 Å². The van der Waals surface area contributed by atoms with Gasteiger partial charge in [0.25, 0.3) is 0 Å². The lowest BCUT2D eigenvalue weighted by atomic mass is 10.2. The minimum atomic E-state index is 0.741. The molecular formula is C17H31N5S. The Hall–Kier alpha value is -1.14. The highest BCUT2D eigenvalue weighted by atomic mass is 32.1. The molecule has 0 spiro atoms. The molecule has 2 rings (SSSR count). The summed E-state index contributed by atoms with van der Waals surface area (Å²) in [6.45, 7) is 15.2. The summed E-state index contributed by atoms with van der Waals surface area (Å²) in [6, 6.07) is 0. The molecule has 0 aliphatic carbocycles. The Labute approximate surface area is 144 Å². The maximum Gasteiger partial charge on any atom is 0.193 e. The average Bonchev–Trinajstić information content (AvgIpc) is 2.82. The van der Waals surface area contributed by atoms with E-state index in [1.165, 1.54) is 17.1 Å². The molecule has 0 radical (unpaired) electrons. The van der Waals surface area contributed by atoms with Gasteiger partial charge in [0.05, 0.1) is 10.7 Å².